The fraction of sp³-hybridized carbons (Fsp3) is 0.0800. The van der Waals surface area contributed by atoms with Crippen LogP contribution in [0.2, 0.25) is 5.02 Å². The molecular weight excluding hydrogens is 618 g/mol. The number of hydrogen-bond donors (Lipinski definition) is 1. The van der Waals surface area contributed by atoms with Gasteiger partial charge in [-0.25, -0.2) is 0 Å². The molecule has 1 aliphatic rings. The predicted octanol–water partition coefficient (Wildman–Crippen LogP) is 6.44. The average molecular weight is 635 g/mol. The molecule has 0 unspecified atom stereocenters. The van der Waals surface area contributed by atoms with Crippen molar-refractivity contribution in [3.8, 4) is 11.5 Å². The molecule has 0 bridgehead atoms. The van der Waals surface area contributed by atoms with E-state index < -0.39 is 10.8 Å². The standard InChI is InChI=1S/C25H17BrClN3O6S2/c1-35-21-9-14(5-8-20(21)36-13-23(31)28-15-6-7-18(26)19(27)11-15)10-22-24(32)29(25(37)38-22)16-3-2-4-17(12-16)30(33)34/h2-12H,13H2,1H3,(H,28,31)/b22-10-. The molecular formula is C25H17BrClN3O6S2. The van der Waals surface area contributed by atoms with Crippen molar-refractivity contribution in [1.29, 1.82) is 0 Å². The van der Waals surface area contributed by atoms with E-state index in [1.807, 2.05) is 0 Å². The van der Waals surface area contributed by atoms with Crippen LogP contribution in [0, 0.1) is 10.1 Å². The van der Waals surface area contributed by atoms with Crippen LogP contribution in [-0.2, 0) is 9.59 Å². The summed E-state index contributed by atoms with van der Waals surface area (Å²) in [6, 6.07) is 15.7. The molecule has 1 fully saturated rings. The third kappa shape index (κ3) is 6.33. The molecule has 13 heteroatoms. The van der Waals surface area contributed by atoms with Crippen molar-refractivity contribution in [3.63, 3.8) is 0 Å². The largest absolute Gasteiger partial charge is 0.493 e. The van der Waals surface area contributed by atoms with Crippen LogP contribution in [0.4, 0.5) is 17.1 Å². The number of nitro groups is 1. The average Bonchev–Trinajstić information content (AvgIpc) is 3.17. The first-order valence-corrected chi connectivity index (χ1v) is 13.1. The minimum Gasteiger partial charge on any atom is -0.493 e. The number of amides is 2. The minimum absolute atomic E-state index is 0.143. The lowest BCUT2D eigenvalue weighted by Crippen LogP contribution is -2.27. The SMILES string of the molecule is COc1cc(/C=C2\SC(=S)N(c3cccc([N+](=O)[O-])c3)C2=O)ccc1OCC(=O)Nc1ccc(Br)c(Cl)c1. The highest BCUT2D eigenvalue weighted by Crippen LogP contribution is 2.38. The van der Waals surface area contributed by atoms with Crippen molar-refractivity contribution in [1.82, 2.24) is 0 Å². The Bertz CT molecular complexity index is 1500. The molecule has 1 saturated heterocycles. The zero-order valence-electron chi connectivity index (χ0n) is 19.5. The Kier molecular flexibility index (Phi) is 8.67. The number of hydrogen-bond acceptors (Lipinski definition) is 8. The van der Waals surface area contributed by atoms with Gasteiger partial charge in [0.15, 0.2) is 22.4 Å². The van der Waals surface area contributed by atoms with E-state index >= 15 is 0 Å². The van der Waals surface area contributed by atoms with Gasteiger partial charge in [0.05, 0.1) is 27.6 Å². The van der Waals surface area contributed by atoms with Crippen LogP contribution >= 0.6 is 51.5 Å². The normalized spacial score (nSPS) is 14.1. The van der Waals surface area contributed by atoms with Gasteiger partial charge in [0.1, 0.15) is 0 Å². The first-order valence-electron chi connectivity index (χ1n) is 10.7. The predicted molar refractivity (Wildman–Crippen MR) is 155 cm³/mol. The van der Waals surface area contributed by atoms with E-state index in [1.54, 1.807) is 48.5 Å². The van der Waals surface area contributed by atoms with Crippen LogP contribution in [0.5, 0.6) is 11.5 Å². The molecule has 9 nitrogen and oxygen atoms in total. The number of thiocarbonyl (C=S) groups is 1. The lowest BCUT2D eigenvalue weighted by molar-refractivity contribution is -0.384. The fourth-order valence-corrected chi connectivity index (χ4v) is 5.12. The van der Waals surface area contributed by atoms with Crippen LogP contribution < -0.4 is 19.7 Å². The molecule has 3 aromatic rings. The van der Waals surface area contributed by atoms with Crippen LogP contribution in [0.1, 0.15) is 5.56 Å². The molecule has 2 amide bonds. The number of rotatable bonds is 8. The smallest absolute Gasteiger partial charge is 0.271 e. The van der Waals surface area contributed by atoms with Crippen molar-refractivity contribution in [2.24, 2.45) is 0 Å². The fourth-order valence-electron chi connectivity index (χ4n) is 3.39. The summed E-state index contributed by atoms with van der Waals surface area (Å²) < 4.78 is 12.0. The van der Waals surface area contributed by atoms with E-state index in [4.69, 9.17) is 33.3 Å². The van der Waals surface area contributed by atoms with Gasteiger partial charge >= 0.3 is 0 Å². The van der Waals surface area contributed by atoms with Gasteiger partial charge in [0.2, 0.25) is 0 Å². The molecule has 0 atom stereocenters. The lowest BCUT2D eigenvalue weighted by atomic mass is 10.1. The number of thioether (sulfide) groups is 1. The number of halogens is 2. The van der Waals surface area contributed by atoms with Gasteiger partial charge in [0.25, 0.3) is 17.5 Å². The van der Waals surface area contributed by atoms with Gasteiger partial charge < -0.3 is 14.8 Å². The second-order valence-electron chi connectivity index (χ2n) is 7.67. The zero-order valence-corrected chi connectivity index (χ0v) is 23.4. The second-order valence-corrected chi connectivity index (χ2v) is 10.6. The van der Waals surface area contributed by atoms with Crippen LogP contribution in [0.15, 0.2) is 70.0 Å². The van der Waals surface area contributed by atoms with Gasteiger partial charge in [-0.15, -0.1) is 0 Å². The molecule has 1 N–H and O–H groups in total. The Morgan fingerprint density at radius 2 is 2.00 bits per heavy atom. The van der Waals surface area contributed by atoms with Gasteiger partial charge in [-0.3, -0.25) is 24.6 Å². The number of ether oxygens (including phenoxy) is 2. The van der Waals surface area contributed by atoms with E-state index in [9.17, 15) is 19.7 Å². The molecule has 38 heavy (non-hydrogen) atoms. The zero-order chi connectivity index (χ0) is 27.4. The number of nitrogens with zero attached hydrogens (tertiary/aromatic N) is 2. The van der Waals surface area contributed by atoms with Crippen LogP contribution in [0.25, 0.3) is 6.08 Å². The summed E-state index contributed by atoms with van der Waals surface area (Å²) in [7, 11) is 1.46. The Hall–Kier alpha value is -3.45. The first kappa shape index (κ1) is 27.6. The maximum absolute atomic E-state index is 13.1. The summed E-state index contributed by atoms with van der Waals surface area (Å²) in [5.74, 6) is -0.103. The number of carbonyl (C=O) groups is 2. The van der Waals surface area contributed by atoms with Gasteiger partial charge in [-0.1, -0.05) is 47.7 Å². The van der Waals surface area contributed by atoms with E-state index in [-0.39, 0.29) is 22.5 Å². The minimum atomic E-state index is -0.535. The van der Waals surface area contributed by atoms with Crippen molar-refractivity contribution < 1.29 is 24.0 Å². The summed E-state index contributed by atoms with van der Waals surface area (Å²) in [5.41, 5.74) is 1.32. The third-order valence-corrected chi connectivity index (χ3v) is 7.67. The number of carbonyl (C=O) groups excluding carboxylic acids is 2. The quantitative estimate of drug-likeness (QED) is 0.130. The summed E-state index contributed by atoms with van der Waals surface area (Å²) >= 11 is 15.8. The monoisotopic (exact) mass is 633 g/mol. The third-order valence-electron chi connectivity index (χ3n) is 5.14. The van der Waals surface area contributed by atoms with Crippen molar-refractivity contribution in [2.45, 2.75) is 0 Å². The van der Waals surface area contributed by atoms with Gasteiger partial charge in [-0.2, -0.15) is 0 Å². The number of methoxy groups -OCH3 is 1. The molecule has 0 saturated carbocycles. The lowest BCUT2D eigenvalue weighted by Gasteiger charge is -2.14. The van der Waals surface area contributed by atoms with E-state index in [2.05, 4.69) is 21.2 Å². The van der Waals surface area contributed by atoms with Crippen molar-refractivity contribution in [2.75, 3.05) is 23.9 Å². The number of non-ortho nitro benzene ring substituents is 1. The van der Waals surface area contributed by atoms with E-state index in [0.717, 1.165) is 11.8 Å². The second kappa shape index (κ2) is 11.9. The first-order chi connectivity index (χ1) is 18.2. The van der Waals surface area contributed by atoms with Crippen LogP contribution in [-0.4, -0.2) is 34.8 Å². The highest BCUT2D eigenvalue weighted by atomic mass is 79.9. The number of benzene rings is 3. The molecule has 0 radical (unpaired) electrons. The molecule has 0 aliphatic carbocycles. The molecule has 0 aromatic heterocycles. The molecule has 194 valence electrons. The molecule has 1 aliphatic heterocycles. The molecule has 4 rings (SSSR count). The number of anilines is 2. The summed E-state index contributed by atoms with van der Waals surface area (Å²) in [6.07, 6.45) is 1.63. The molecule has 1 heterocycles. The maximum Gasteiger partial charge on any atom is 0.271 e. The molecule has 0 spiro atoms. The summed E-state index contributed by atoms with van der Waals surface area (Å²) in [6.45, 7) is -0.273. The number of nitrogens with one attached hydrogen (secondary N) is 1. The maximum atomic E-state index is 13.1. The highest BCUT2D eigenvalue weighted by molar-refractivity contribution is 9.10. The Morgan fingerprint density at radius 1 is 1.21 bits per heavy atom. The topological polar surface area (TPSA) is 111 Å². The van der Waals surface area contributed by atoms with E-state index in [0.29, 0.717) is 42.8 Å². The van der Waals surface area contributed by atoms with Crippen molar-refractivity contribution >= 4 is 90.8 Å². The van der Waals surface area contributed by atoms with E-state index in [1.165, 1.54) is 30.2 Å². The van der Waals surface area contributed by atoms with Gasteiger partial charge in [0, 0.05) is 22.3 Å². The molecule has 3 aromatic carbocycles. The van der Waals surface area contributed by atoms with Crippen molar-refractivity contribution in [3.05, 3.63) is 90.7 Å². The Balaban J connectivity index is 1.46. The van der Waals surface area contributed by atoms with Gasteiger partial charge in [-0.05, 0) is 64.0 Å². The summed E-state index contributed by atoms with van der Waals surface area (Å²) in [4.78, 5) is 37.5. The number of nitro benzene ring substituents is 1. The summed E-state index contributed by atoms with van der Waals surface area (Å²) in [5, 5.41) is 14.3. The van der Waals surface area contributed by atoms with Crippen LogP contribution in [0.3, 0.4) is 0 Å². The Labute approximate surface area is 240 Å². The highest BCUT2D eigenvalue weighted by Gasteiger charge is 2.34. The Morgan fingerprint density at radius 3 is 2.71 bits per heavy atom.